The summed E-state index contributed by atoms with van der Waals surface area (Å²) < 4.78 is 1.40. The molecule has 7 aromatic rings. The zero-order valence-electron chi connectivity index (χ0n) is 39.4. The summed E-state index contributed by atoms with van der Waals surface area (Å²) in [4.78, 5) is 5.26. The molecular weight excluding hydrogens is 768 g/mol. The average molecular weight is 831 g/mol. The van der Waals surface area contributed by atoms with Crippen LogP contribution in [0.4, 0.5) is 33.4 Å². The summed E-state index contributed by atoms with van der Waals surface area (Å²) in [7, 11) is 0. The Bertz CT molecular complexity index is 2910. The normalized spacial score (nSPS) is 15.7. The number of hydrogen-bond donors (Lipinski definition) is 0. The second-order valence-corrected chi connectivity index (χ2v) is 23.5. The van der Waals surface area contributed by atoms with Crippen molar-refractivity contribution in [1.29, 1.82) is 0 Å². The zero-order chi connectivity index (χ0) is 43.8. The van der Waals surface area contributed by atoms with Gasteiger partial charge in [-0.3, -0.25) is 0 Å². The summed E-state index contributed by atoms with van der Waals surface area (Å²) in [5.74, 6) is 0. The molecule has 3 aliphatic rings. The SMILES string of the molecule is Cc1cccc(C)c1-c1cc2c3c(c1)N(c1ccc(C(C)(C)C)cc1)c1sc4cc5c(cc4c1B3c1cc(C(C)(C)C)ccc1N2c1ccc(C(C)(C)C)cc1)C(C)(C)CCC5. The molecule has 1 aromatic heterocycles. The zero-order valence-corrected chi connectivity index (χ0v) is 40.2. The highest BCUT2D eigenvalue weighted by molar-refractivity contribution is 7.26. The second-order valence-electron chi connectivity index (χ2n) is 22.5. The number of hydrogen-bond acceptors (Lipinski definition) is 3. The van der Waals surface area contributed by atoms with Gasteiger partial charge < -0.3 is 9.80 Å². The fourth-order valence-electron chi connectivity index (χ4n) is 10.9. The van der Waals surface area contributed by atoms with E-state index in [2.05, 4.69) is 209 Å². The molecule has 3 heterocycles. The number of benzene rings is 6. The second kappa shape index (κ2) is 14.0. The maximum atomic E-state index is 2.66. The van der Waals surface area contributed by atoms with Crippen molar-refractivity contribution in [3.63, 3.8) is 0 Å². The summed E-state index contributed by atoms with van der Waals surface area (Å²) in [5.41, 5.74) is 23.0. The Labute approximate surface area is 376 Å². The molecule has 10 rings (SSSR count). The van der Waals surface area contributed by atoms with Gasteiger partial charge in [-0.2, -0.15) is 0 Å². The largest absolute Gasteiger partial charge is 0.311 e. The topological polar surface area (TPSA) is 6.48 Å². The molecule has 62 heavy (non-hydrogen) atoms. The van der Waals surface area contributed by atoms with Crippen LogP contribution in [0.15, 0.2) is 109 Å². The molecule has 0 spiro atoms. The Balaban J connectivity index is 1.36. The molecule has 0 saturated carbocycles. The van der Waals surface area contributed by atoms with Crippen LogP contribution in [0.5, 0.6) is 0 Å². The summed E-state index contributed by atoms with van der Waals surface area (Å²) >= 11 is 2.00. The van der Waals surface area contributed by atoms with E-state index in [0.29, 0.717) is 0 Å². The van der Waals surface area contributed by atoms with Gasteiger partial charge in [0.05, 0.1) is 5.00 Å². The van der Waals surface area contributed by atoms with Crippen molar-refractivity contribution >= 4 is 78.0 Å². The molecule has 4 heteroatoms. The molecule has 6 aromatic carbocycles. The lowest BCUT2D eigenvalue weighted by Crippen LogP contribution is -2.61. The van der Waals surface area contributed by atoms with Crippen LogP contribution in [0.1, 0.15) is 128 Å². The standard InChI is InChI=1S/C58H63BN2S/c1-35-16-14-17-36(2)51(35)38-30-48-53-49(31-38)61(43-26-21-40(22-27-43)56(6,7)8)54-52(44-34-45-37(32-50(44)62-54)18-15-29-58(45,12)13)59(53)46-33-41(57(9,10)11)23-28-47(46)60(48)42-24-19-39(20-25-42)55(3,4)5/h14,16-17,19-28,30-34H,15,18,29H2,1-13H3. The minimum absolute atomic E-state index is 0.0122. The first kappa shape index (κ1) is 41.0. The number of thiophene rings is 1. The van der Waals surface area contributed by atoms with Gasteiger partial charge in [-0.05, 0) is 181 Å². The molecule has 2 nitrogen and oxygen atoms in total. The lowest BCUT2D eigenvalue weighted by Gasteiger charge is -2.44. The van der Waals surface area contributed by atoms with Crippen LogP contribution in [-0.2, 0) is 28.1 Å². The summed E-state index contributed by atoms with van der Waals surface area (Å²) in [6, 6.07) is 43.4. The van der Waals surface area contributed by atoms with Crippen molar-refractivity contribution in [3.8, 4) is 11.1 Å². The highest BCUT2D eigenvalue weighted by Gasteiger charge is 2.46. The van der Waals surface area contributed by atoms with Crippen LogP contribution >= 0.6 is 11.3 Å². The van der Waals surface area contributed by atoms with Crippen molar-refractivity contribution in [2.24, 2.45) is 0 Å². The van der Waals surface area contributed by atoms with Crippen molar-refractivity contribution < 1.29 is 0 Å². The first-order chi connectivity index (χ1) is 29.2. The maximum Gasteiger partial charge on any atom is 0.254 e. The smallest absolute Gasteiger partial charge is 0.254 e. The molecule has 0 amide bonds. The van der Waals surface area contributed by atoms with Crippen molar-refractivity contribution in [2.45, 2.75) is 131 Å². The molecule has 0 saturated heterocycles. The molecule has 0 bridgehead atoms. The van der Waals surface area contributed by atoms with Gasteiger partial charge in [0.25, 0.3) is 6.71 Å². The lowest BCUT2D eigenvalue weighted by molar-refractivity contribution is 0.432. The molecule has 314 valence electrons. The van der Waals surface area contributed by atoms with Crippen LogP contribution in [0.3, 0.4) is 0 Å². The van der Waals surface area contributed by atoms with Gasteiger partial charge >= 0.3 is 0 Å². The van der Waals surface area contributed by atoms with E-state index in [1.165, 1.54) is 123 Å². The van der Waals surface area contributed by atoms with E-state index in [9.17, 15) is 0 Å². The van der Waals surface area contributed by atoms with E-state index in [4.69, 9.17) is 0 Å². The molecular formula is C58H63BN2S. The minimum Gasteiger partial charge on any atom is -0.311 e. The van der Waals surface area contributed by atoms with Gasteiger partial charge in [0, 0.05) is 33.1 Å². The van der Waals surface area contributed by atoms with Gasteiger partial charge in [0.1, 0.15) is 0 Å². The van der Waals surface area contributed by atoms with Crippen molar-refractivity contribution in [2.75, 3.05) is 9.80 Å². The van der Waals surface area contributed by atoms with Gasteiger partial charge in [-0.15, -0.1) is 11.3 Å². The number of fused-ring (bicyclic) bond motifs is 7. The Morgan fingerprint density at radius 2 is 1.13 bits per heavy atom. The summed E-state index contributed by atoms with van der Waals surface area (Å²) in [6.45, 7) is 30.5. The van der Waals surface area contributed by atoms with Crippen LogP contribution in [0.25, 0.3) is 21.2 Å². The van der Waals surface area contributed by atoms with Crippen LogP contribution in [0, 0.1) is 13.8 Å². The average Bonchev–Trinajstić information content (AvgIpc) is 3.57. The predicted molar refractivity (Wildman–Crippen MR) is 273 cm³/mol. The monoisotopic (exact) mass is 830 g/mol. The fraction of sp³-hybridized carbons (Fsp3) is 0.345. The van der Waals surface area contributed by atoms with Crippen molar-refractivity contribution in [3.05, 3.63) is 148 Å². The first-order valence-corrected chi connectivity index (χ1v) is 23.8. The van der Waals surface area contributed by atoms with E-state index >= 15 is 0 Å². The number of rotatable bonds is 3. The quantitative estimate of drug-likeness (QED) is 0.164. The third-order valence-electron chi connectivity index (χ3n) is 14.5. The Morgan fingerprint density at radius 1 is 0.581 bits per heavy atom. The van der Waals surface area contributed by atoms with Gasteiger partial charge in [-0.1, -0.05) is 131 Å². The molecule has 2 aliphatic heterocycles. The number of aryl methyl sites for hydroxylation is 3. The third-order valence-corrected chi connectivity index (χ3v) is 15.7. The maximum absolute atomic E-state index is 2.66. The Morgan fingerprint density at radius 3 is 1.71 bits per heavy atom. The van der Waals surface area contributed by atoms with E-state index in [0.717, 1.165) is 6.42 Å². The van der Waals surface area contributed by atoms with Crippen LogP contribution < -0.4 is 26.2 Å². The molecule has 1 aliphatic carbocycles. The van der Waals surface area contributed by atoms with E-state index in [-0.39, 0.29) is 28.4 Å². The van der Waals surface area contributed by atoms with E-state index in [1.54, 1.807) is 0 Å². The highest BCUT2D eigenvalue weighted by Crippen LogP contribution is 2.51. The fourth-order valence-corrected chi connectivity index (χ4v) is 12.3. The van der Waals surface area contributed by atoms with Crippen molar-refractivity contribution in [1.82, 2.24) is 0 Å². The molecule has 0 N–H and O–H groups in total. The minimum atomic E-state index is -0.0122. The van der Waals surface area contributed by atoms with E-state index < -0.39 is 0 Å². The number of nitrogens with zero attached hydrogens (tertiary/aromatic N) is 2. The van der Waals surface area contributed by atoms with Crippen LogP contribution in [-0.4, -0.2) is 6.71 Å². The number of anilines is 6. The van der Waals surface area contributed by atoms with Gasteiger partial charge in [-0.25, -0.2) is 0 Å². The highest BCUT2D eigenvalue weighted by atomic mass is 32.1. The van der Waals surface area contributed by atoms with E-state index in [1.807, 2.05) is 11.3 Å². The predicted octanol–water partition coefficient (Wildman–Crippen LogP) is 14.8. The lowest BCUT2D eigenvalue weighted by atomic mass is 9.33. The summed E-state index contributed by atoms with van der Waals surface area (Å²) in [6.07, 6.45) is 3.63. The van der Waals surface area contributed by atoms with Gasteiger partial charge in [0.2, 0.25) is 0 Å². The molecule has 0 atom stereocenters. The Hall–Kier alpha value is -5.06. The van der Waals surface area contributed by atoms with Crippen LogP contribution in [0.2, 0.25) is 0 Å². The third kappa shape index (κ3) is 6.49. The Kier molecular flexibility index (Phi) is 9.24. The molecule has 0 unspecified atom stereocenters. The first-order valence-electron chi connectivity index (χ1n) is 23.0. The summed E-state index contributed by atoms with van der Waals surface area (Å²) in [5, 5.41) is 2.77. The van der Waals surface area contributed by atoms with Gasteiger partial charge in [0.15, 0.2) is 0 Å². The molecule has 0 radical (unpaired) electrons. The molecule has 0 fully saturated rings.